The Bertz CT molecular complexity index is 4670. The van der Waals surface area contributed by atoms with Crippen molar-refractivity contribution in [3.8, 4) is 20.9 Å². The van der Waals surface area contributed by atoms with E-state index in [0.717, 1.165) is 92.9 Å². The molecule has 2 saturated carbocycles. The zero-order chi connectivity index (χ0) is 84.0. The number of anilines is 3. The van der Waals surface area contributed by atoms with Crippen molar-refractivity contribution in [1.29, 1.82) is 0 Å². The number of carbonyl (C=O) groups is 2. The Morgan fingerprint density at radius 2 is 1.05 bits per heavy atom. The third-order valence-corrected chi connectivity index (χ3v) is 22.5. The number of H-pyrrole nitrogens is 1. The lowest BCUT2D eigenvalue weighted by molar-refractivity contribution is -0.392. The van der Waals surface area contributed by atoms with Crippen LogP contribution in [-0.2, 0) is 29.5 Å². The van der Waals surface area contributed by atoms with Gasteiger partial charge in [0.15, 0.2) is 12.7 Å². The molecule has 9 aromatic rings. The average molecular weight is 1820 g/mol. The van der Waals surface area contributed by atoms with Crippen molar-refractivity contribution in [1.82, 2.24) is 78.2 Å². The number of hydrogen-bond acceptors (Lipinski definition) is 25. The number of amides is 2. The molecule has 2 fully saturated rings. The van der Waals surface area contributed by atoms with Crippen LogP contribution < -0.4 is 31.1 Å². The van der Waals surface area contributed by atoms with E-state index >= 15 is 0 Å². The number of imidazole rings is 5. The van der Waals surface area contributed by atoms with E-state index in [1.165, 1.54) is 58.6 Å². The minimum absolute atomic E-state index is 0.0417. The Kier molecular flexibility index (Phi) is 38.4. The maximum absolute atomic E-state index is 13.2. The molecule has 620 valence electrons. The molecule has 0 saturated heterocycles. The molecule has 7 heterocycles. The quantitative estimate of drug-likeness (QED) is 0.0135. The van der Waals surface area contributed by atoms with Gasteiger partial charge in [0.1, 0.15) is 30.2 Å². The molecule has 2 amide bonds. The van der Waals surface area contributed by atoms with Crippen molar-refractivity contribution < 1.29 is 50.7 Å². The Morgan fingerprint density at radius 3 is 1.42 bits per heavy atom. The number of benzene rings is 2. The van der Waals surface area contributed by atoms with Crippen molar-refractivity contribution in [3.63, 3.8) is 0 Å². The van der Waals surface area contributed by atoms with Crippen LogP contribution in [0.1, 0.15) is 208 Å². The summed E-state index contributed by atoms with van der Waals surface area (Å²) in [4.78, 5) is 85.1. The summed E-state index contributed by atoms with van der Waals surface area (Å²) >= 11 is 8.79. The molecule has 8 N–H and O–H groups in total. The molecule has 0 radical (unpaired) electrons. The van der Waals surface area contributed by atoms with Gasteiger partial charge in [0.05, 0.1) is 72.9 Å². The summed E-state index contributed by atoms with van der Waals surface area (Å²) in [5, 5.41) is 41.5. The van der Waals surface area contributed by atoms with Crippen LogP contribution in [0.4, 0.5) is 44.4 Å². The highest BCUT2D eigenvalue weighted by atomic mass is 127. The first-order valence-electron chi connectivity index (χ1n) is 36.7. The van der Waals surface area contributed by atoms with E-state index in [1.807, 2.05) is 88.8 Å². The Hall–Kier alpha value is -8.88. The van der Waals surface area contributed by atoms with E-state index in [1.54, 1.807) is 68.0 Å². The first kappa shape index (κ1) is 94.7. The van der Waals surface area contributed by atoms with Gasteiger partial charge in [-0.25, -0.2) is 75.3 Å². The summed E-state index contributed by atoms with van der Waals surface area (Å²) in [6, 6.07) is 11.8. The number of nitrogen functional groups attached to an aromatic ring is 1. The molecule has 2 aromatic carbocycles. The summed E-state index contributed by atoms with van der Waals surface area (Å²) in [5.41, 5.74) is 7.47. The van der Waals surface area contributed by atoms with Crippen LogP contribution >= 0.6 is 61.2 Å². The van der Waals surface area contributed by atoms with Gasteiger partial charge in [0, 0.05) is 92.7 Å². The minimum atomic E-state index is -3.75. The third kappa shape index (κ3) is 30.8. The van der Waals surface area contributed by atoms with Crippen LogP contribution in [0, 0.1) is 30.3 Å². The molecular weight excluding hydrogens is 1720 g/mol. The van der Waals surface area contributed by atoms with Crippen LogP contribution in [-0.4, -0.2) is 143 Å². The molecule has 113 heavy (non-hydrogen) atoms. The van der Waals surface area contributed by atoms with Crippen LogP contribution in [0.3, 0.4) is 0 Å². The predicted octanol–water partition coefficient (Wildman–Crippen LogP) is 16.8. The molecule has 0 unspecified atom stereocenters. The van der Waals surface area contributed by atoms with Crippen LogP contribution in [0.5, 0.6) is 0 Å². The molecule has 7 aromatic heterocycles. The zero-order valence-electron chi connectivity index (χ0n) is 66.3. The van der Waals surface area contributed by atoms with Gasteiger partial charge in [0.25, 0.3) is 0 Å². The number of halogens is 2. The van der Waals surface area contributed by atoms with Gasteiger partial charge in [0.2, 0.25) is 26.4 Å². The van der Waals surface area contributed by atoms with Crippen LogP contribution in [0.2, 0.25) is 0 Å². The number of aromatic amines is 1. The molecule has 2 aliphatic carbocycles. The molecule has 11 rings (SSSR count). The fourth-order valence-electron chi connectivity index (χ4n) is 11.1. The maximum Gasteiger partial charge on any atom is 0.407 e. The molecule has 0 aliphatic heterocycles. The van der Waals surface area contributed by atoms with Gasteiger partial charge < -0.3 is 75.2 Å². The maximum atomic E-state index is 13.2. The Balaban J connectivity index is 0.000000268. The highest BCUT2D eigenvalue weighted by molar-refractivity contribution is 14.1. The van der Waals surface area contributed by atoms with Gasteiger partial charge in [-0.2, -0.15) is 0 Å². The number of carbonyl (C=O) groups excluding carboxylic acids is 2. The minimum Gasteiger partial charge on any atom is -0.447 e. The van der Waals surface area contributed by atoms with Crippen molar-refractivity contribution >= 4 is 128 Å². The third-order valence-electron chi connectivity index (χ3n) is 16.4. The number of ether oxygens (including phenoxy) is 2. The number of hydrogen-bond donors (Lipinski definition) is 7. The second-order valence-electron chi connectivity index (χ2n) is 27.7. The fraction of sp³-hybridized carbons (Fsp3) is 0.514. The van der Waals surface area contributed by atoms with Gasteiger partial charge in [-0.1, -0.05) is 78.3 Å². The highest BCUT2D eigenvalue weighted by Gasteiger charge is 2.30. The number of alkyl halides is 1. The lowest BCUT2D eigenvalue weighted by atomic mass is 9.86. The molecule has 0 spiro atoms. The van der Waals surface area contributed by atoms with E-state index in [2.05, 4.69) is 145 Å². The number of nitrogens with two attached hydrogens (primary N) is 1. The van der Waals surface area contributed by atoms with E-state index in [4.69, 9.17) is 15.2 Å². The van der Waals surface area contributed by atoms with E-state index in [-0.39, 0.29) is 94.3 Å². The normalized spacial score (nSPS) is 15.3. The number of nitrogens with one attached hydrogen (secondary N) is 6. The number of sulfonamides is 2. The van der Waals surface area contributed by atoms with E-state index in [0.29, 0.717) is 39.8 Å². The van der Waals surface area contributed by atoms with Gasteiger partial charge in [-0.05, 0) is 178 Å². The molecule has 0 bridgehead atoms. The summed E-state index contributed by atoms with van der Waals surface area (Å²) in [5.74, 6) is 1.96. The molecular formula is C72H105BrIN21O14S4. The first-order chi connectivity index (χ1) is 53.2. The van der Waals surface area contributed by atoms with E-state index in [9.17, 15) is 56.8 Å². The topological polar surface area (TPSA) is 462 Å². The first-order valence-corrected chi connectivity index (χ1v) is 43.4. The van der Waals surface area contributed by atoms with Crippen molar-refractivity contribution in [2.75, 3.05) is 24.1 Å². The van der Waals surface area contributed by atoms with Gasteiger partial charge in [-0.15, -0.1) is 22.7 Å². The number of aromatic nitrogens is 12. The fourth-order valence-corrected chi connectivity index (χ4v) is 16.5. The number of rotatable bonds is 23. The number of nitro groups is 3. The summed E-state index contributed by atoms with van der Waals surface area (Å²) < 4.78 is 76.0. The van der Waals surface area contributed by atoms with Gasteiger partial charge >= 0.3 is 29.6 Å². The predicted molar refractivity (Wildman–Crippen MR) is 450 cm³/mol. The smallest absolute Gasteiger partial charge is 0.407 e. The molecule has 41 heteroatoms. The monoisotopic (exact) mass is 1820 g/mol. The standard InChI is InChI=1S/C27H38N6O4S2.C21H28BrN3O4S2.2C6H9N3O2.C6H11N3.C3H7I.C3H3N3O2/c1-6-30-39(35,36)24-13-21(31-25-15-28-16-33(25)17(2)3)11-12-22(24)23-14-29-26(38-23)19-7-9-20(10-8-19)32-27(34)37-18(4)5;1-4-24-31(27,28)19-11-15(22)7-10-17(19)18-12-23-20(30-18)14-5-8-16(9-6-14)25-21(26)29-13(2)3;1-5(2)8-3-6(7-4-8)9(10)11;1-5(2)8-4-7-3-6(8)9(10)11;1-5(2)9-4-8-3-6(9)7;1-3(2)4;7-6(8)3-1-4-2-5-3/h11-20,30-31H,6-10H2,1-5H3,(H,32,34);7,10-14,16,24H,4-6,8-9H2,1-3H3,(H,25,26);2*3-5H,1-2H3;3-5H,7H2,1-2H3;3H,1-2H3;1-2H,(H,4,5). The van der Waals surface area contributed by atoms with E-state index < -0.39 is 34.8 Å². The summed E-state index contributed by atoms with van der Waals surface area (Å²) in [7, 11) is -7.35. The number of nitrogens with zero attached hydrogens (tertiary/aromatic N) is 14. The number of thiazole rings is 2. The van der Waals surface area contributed by atoms with Crippen molar-refractivity contribution in [2.24, 2.45) is 0 Å². The summed E-state index contributed by atoms with van der Waals surface area (Å²) in [6.07, 6.45) is 24.4. The second-order valence-corrected chi connectivity index (χ2v) is 36.7. The van der Waals surface area contributed by atoms with Gasteiger partial charge in [-0.3, -0.25) is 0 Å². The van der Waals surface area contributed by atoms with Crippen LogP contribution in [0.25, 0.3) is 20.9 Å². The lowest BCUT2D eigenvalue weighted by Gasteiger charge is -2.28. The van der Waals surface area contributed by atoms with Crippen molar-refractivity contribution in [2.45, 2.75) is 236 Å². The number of alkyl carbamates (subject to hydrolysis) is 2. The lowest BCUT2D eigenvalue weighted by Crippen LogP contribution is -2.38. The molecule has 2 aliphatic rings. The highest BCUT2D eigenvalue weighted by Crippen LogP contribution is 2.42. The largest absolute Gasteiger partial charge is 0.447 e. The SMILES string of the molecule is CC(C)I.CC(C)n1cnc([N+](=O)[O-])c1.CC(C)n1cncc1N.CC(C)n1cncc1[N+](=O)[O-].CCNS(=O)(=O)c1cc(Br)ccc1-c1cnc(C2CCC(NC(=O)OC(C)C)CC2)s1.CCNS(=O)(=O)c1cc(Nc2cncn2C(C)C)ccc1-c1cnc(C2CCC(NC(=O)OC(C)C)CC2)s1.O=[N+]([O-])c1cnc[nH]1. The zero-order valence-corrected chi connectivity index (χ0v) is 73.3. The molecule has 35 nitrogen and oxygen atoms in total. The Morgan fingerprint density at radius 1 is 0.593 bits per heavy atom. The van der Waals surface area contributed by atoms with Crippen LogP contribution in [0.15, 0.2) is 126 Å². The molecule has 0 atom stereocenters. The Labute approximate surface area is 689 Å². The van der Waals surface area contributed by atoms with Crippen molar-refractivity contribution in [3.05, 3.63) is 156 Å². The average Bonchev–Trinajstić information content (AvgIpc) is 1.75. The second kappa shape index (κ2) is 45.9. The summed E-state index contributed by atoms with van der Waals surface area (Å²) in [6.45, 7) is 31.6.